The van der Waals surface area contributed by atoms with Crippen LogP contribution in [0.15, 0.2) is 24.3 Å². The number of hydrogen-bond acceptors (Lipinski definition) is 3. The molecular weight excluding hydrogens is 226 g/mol. The van der Waals surface area contributed by atoms with Crippen molar-refractivity contribution in [3.8, 4) is 5.75 Å². The molecule has 0 aliphatic heterocycles. The molecule has 0 aromatic heterocycles. The maximum atomic E-state index is 10.8. The van der Waals surface area contributed by atoms with Crippen molar-refractivity contribution in [2.45, 2.75) is 32.7 Å². The van der Waals surface area contributed by atoms with Gasteiger partial charge >= 0.3 is 5.97 Å². The van der Waals surface area contributed by atoms with Crippen molar-refractivity contribution in [3.63, 3.8) is 0 Å². The van der Waals surface area contributed by atoms with E-state index in [1.807, 2.05) is 18.2 Å². The fourth-order valence-electron chi connectivity index (χ4n) is 1.45. The highest BCUT2D eigenvalue weighted by molar-refractivity contribution is 5.85. The highest BCUT2D eigenvalue weighted by atomic mass is 35.5. The highest BCUT2D eigenvalue weighted by Crippen LogP contribution is 2.20. The highest BCUT2D eigenvalue weighted by Gasteiger charge is 2.06. The molecule has 0 saturated carbocycles. The summed E-state index contributed by atoms with van der Waals surface area (Å²) in [4.78, 5) is 10.8. The van der Waals surface area contributed by atoms with Gasteiger partial charge in [-0.2, -0.15) is 0 Å². The zero-order chi connectivity index (χ0) is 11.3. The lowest BCUT2D eigenvalue weighted by Crippen LogP contribution is -2.10. The van der Waals surface area contributed by atoms with Crippen LogP contribution in [0.4, 0.5) is 0 Å². The van der Waals surface area contributed by atoms with E-state index in [0.717, 1.165) is 18.4 Å². The van der Waals surface area contributed by atoms with Crippen molar-refractivity contribution >= 4 is 18.4 Å². The molecule has 0 radical (unpaired) electrons. The van der Waals surface area contributed by atoms with Crippen LogP contribution in [0.25, 0.3) is 0 Å². The summed E-state index contributed by atoms with van der Waals surface area (Å²) in [6, 6.07) is 7.40. The molecule has 1 atom stereocenters. The lowest BCUT2D eigenvalue weighted by Gasteiger charge is -2.11. The molecule has 3 nitrogen and oxygen atoms in total. The summed E-state index contributed by atoms with van der Waals surface area (Å²) >= 11 is 0. The maximum absolute atomic E-state index is 10.8. The number of carbonyl (C=O) groups is 1. The first-order valence-electron chi connectivity index (χ1n) is 5.17. The zero-order valence-corrected chi connectivity index (χ0v) is 10.4. The molecule has 0 heterocycles. The maximum Gasteiger partial charge on any atom is 0.308 e. The molecular formula is C12H18ClNO2. The van der Waals surface area contributed by atoms with Crippen LogP contribution in [-0.4, -0.2) is 5.97 Å². The predicted molar refractivity (Wildman–Crippen MR) is 66.8 cm³/mol. The Bertz CT molecular complexity index is 342. The third-order valence-corrected chi connectivity index (χ3v) is 2.15. The number of benzene rings is 1. The predicted octanol–water partition coefficient (Wildman–Crippen LogP) is 2.83. The second kappa shape index (κ2) is 7.25. The van der Waals surface area contributed by atoms with Crippen molar-refractivity contribution in [3.05, 3.63) is 29.8 Å². The summed E-state index contributed by atoms with van der Waals surface area (Å²) in [5.74, 6) is 0.253. The average molecular weight is 244 g/mol. The van der Waals surface area contributed by atoms with Crippen molar-refractivity contribution in [1.29, 1.82) is 0 Å². The number of nitrogens with two attached hydrogens (primary N) is 1. The van der Waals surface area contributed by atoms with E-state index in [-0.39, 0.29) is 24.4 Å². The van der Waals surface area contributed by atoms with Crippen molar-refractivity contribution in [1.82, 2.24) is 0 Å². The summed E-state index contributed by atoms with van der Waals surface area (Å²) in [6.07, 6.45) is 1.97. The summed E-state index contributed by atoms with van der Waals surface area (Å²) in [5, 5.41) is 0. The van der Waals surface area contributed by atoms with Crippen LogP contribution < -0.4 is 10.5 Å². The molecule has 4 heteroatoms. The van der Waals surface area contributed by atoms with Gasteiger partial charge in [-0.1, -0.05) is 25.5 Å². The number of rotatable bonds is 4. The van der Waals surface area contributed by atoms with Gasteiger partial charge in [-0.25, -0.2) is 0 Å². The van der Waals surface area contributed by atoms with Gasteiger partial charge in [0.2, 0.25) is 0 Å². The number of carbonyl (C=O) groups excluding carboxylic acids is 1. The summed E-state index contributed by atoms with van der Waals surface area (Å²) < 4.78 is 4.99. The fraction of sp³-hybridized carbons (Fsp3) is 0.417. The first-order chi connectivity index (χ1) is 7.13. The topological polar surface area (TPSA) is 52.3 Å². The molecule has 0 aliphatic rings. The van der Waals surface area contributed by atoms with E-state index in [1.165, 1.54) is 6.92 Å². The molecule has 0 unspecified atom stereocenters. The van der Waals surface area contributed by atoms with Gasteiger partial charge in [-0.3, -0.25) is 4.79 Å². The van der Waals surface area contributed by atoms with Gasteiger partial charge in [0.15, 0.2) is 0 Å². The normalized spacial score (nSPS) is 11.4. The first-order valence-corrected chi connectivity index (χ1v) is 5.17. The van der Waals surface area contributed by atoms with Gasteiger partial charge in [0, 0.05) is 13.0 Å². The smallest absolute Gasteiger partial charge is 0.308 e. The number of esters is 1. The standard InChI is InChI=1S/C12H17NO2.ClH/c1-3-5-12(13)10-6-4-7-11(8-10)15-9(2)14;/h4,6-8,12H,3,5,13H2,1-2H3;1H/t12-;/m0./s1. The zero-order valence-electron chi connectivity index (χ0n) is 9.60. The van der Waals surface area contributed by atoms with E-state index >= 15 is 0 Å². The van der Waals surface area contributed by atoms with Crippen LogP contribution in [0, 0.1) is 0 Å². The van der Waals surface area contributed by atoms with Gasteiger partial charge in [0.25, 0.3) is 0 Å². The van der Waals surface area contributed by atoms with Crippen LogP contribution in [-0.2, 0) is 4.79 Å². The van der Waals surface area contributed by atoms with Gasteiger partial charge in [-0.15, -0.1) is 12.4 Å². The van der Waals surface area contributed by atoms with Crippen LogP contribution >= 0.6 is 12.4 Å². The minimum atomic E-state index is -0.309. The van der Waals surface area contributed by atoms with Gasteiger partial charge < -0.3 is 10.5 Å². The molecule has 2 N–H and O–H groups in total. The van der Waals surface area contributed by atoms with E-state index in [4.69, 9.17) is 10.5 Å². The average Bonchev–Trinajstić information content (AvgIpc) is 2.17. The van der Waals surface area contributed by atoms with Gasteiger partial charge in [-0.05, 0) is 24.1 Å². The van der Waals surface area contributed by atoms with Gasteiger partial charge in [0.1, 0.15) is 5.75 Å². The Labute approximate surface area is 102 Å². The largest absolute Gasteiger partial charge is 0.427 e. The SMILES string of the molecule is CCC[C@H](N)c1cccc(OC(C)=O)c1.Cl. The minimum Gasteiger partial charge on any atom is -0.427 e. The molecule has 90 valence electrons. The molecule has 1 rings (SSSR count). The van der Waals surface area contributed by atoms with Crippen molar-refractivity contribution in [2.75, 3.05) is 0 Å². The number of hydrogen-bond donors (Lipinski definition) is 1. The molecule has 0 bridgehead atoms. The minimum absolute atomic E-state index is 0. The molecule has 0 spiro atoms. The Balaban J connectivity index is 0.00000225. The summed E-state index contributed by atoms with van der Waals surface area (Å²) in [7, 11) is 0. The Hall–Kier alpha value is -1.06. The third-order valence-electron chi connectivity index (χ3n) is 2.15. The molecule has 1 aromatic carbocycles. The second-order valence-electron chi connectivity index (χ2n) is 3.56. The van der Waals surface area contributed by atoms with Crippen LogP contribution in [0.1, 0.15) is 38.3 Å². The lowest BCUT2D eigenvalue weighted by atomic mass is 10.0. The quantitative estimate of drug-likeness (QED) is 0.654. The molecule has 0 saturated heterocycles. The summed E-state index contributed by atoms with van der Waals surface area (Å²) in [6.45, 7) is 3.48. The Morgan fingerprint density at radius 2 is 2.19 bits per heavy atom. The van der Waals surface area contributed by atoms with E-state index < -0.39 is 0 Å². The van der Waals surface area contributed by atoms with Crippen molar-refractivity contribution < 1.29 is 9.53 Å². The molecule has 0 amide bonds. The number of halogens is 1. The molecule has 16 heavy (non-hydrogen) atoms. The number of ether oxygens (including phenoxy) is 1. The Kier molecular flexibility index (Phi) is 6.77. The van der Waals surface area contributed by atoms with Crippen molar-refractivity contribution in [2.24, 2.45) is 5.73 Å². The fourth-order valence-corrected chi connectivity index (χ4v) is 1.45. The van der Waals surface area contributed by atoms with Crippen LogP contribution in [0.3, 0.4) is 0 Å². The van der Waals surface area contributed by atoms with E-state index in [2.05, 4.69) is 6.92 Å². The van der Waals surface area contributed by atoms with Gasteiger partial charge in [0.05, 0.1) is 0 Å². The Morgan fingerprint density at radius 1 is 1.50 bits per heavy atom. The molecule has 1 aromatic rings. The monoisotopic (exact) mass is 243 g/mol. The first kappa shape index (κ1) is 14.9. The molecule has 0 fully saturated rings. The van der Waals surface area contributed by atoms with Crippen LogP contribution in [0.2, 0.25) is 0 Å². The second-order valence-corrected chi connectivity index (χ2v) is 3.56. The Morgan fingerprint density at radius 3 is 2.75 bits per heavy atom. The van der Waals surface area contributed by atoms with E-state index in [0.29, 0.717) is 5.75 Å². The lowest BCUT2D eigenvalue weighted by molar-refractivity contribution is -0.131. The van der Waals surface area contributed by atoms with E-state index in [1.54, 1.807) is 6.07 Å². The summed E-state index contributed by atoms with van der Waals surface area (Å²) in [5.41, 5.74) is 6.97. The van der Waals surface area contributed by atoms with Crippen LogP contribution in [0.5, 0.6) is 5.75 Å². The third kappa shape index (κ3) is 4.64. The molecule has 0 aliphatic carbocycles. The van der Waals surface area contributed by atoms with E-state index in [9.17, 15) is 4.79 Å².